The average Bonchev–Trinajstić information content (AvgIpc) is 2.77. The number of hydrogen-bond acceptors (Lipinski definition) is 6. The molecule has 0 radical (unpaired) electrons. The molecule has 2 aromatic carbocycles. The molecule has 2 aromatic rings. The van der Waals surface area contributed by atoms with E-state index in [4.69, 9.17) is 9.47 Å². The molecule has 9 heteroatoms. The van der Waals surface area contributed by atoms with Gasteiger partial charge in [-0.25, -0.2) is 8.42 Å². The van der Waals surface area contributed by atoms with Crippen LogP contribution in [0.25, 0.3) is 0 Å². The molecule has 1 aliphatic rings. The SMILES string of the molecule is CCC(C(=O)Nc1ccc(N2CCOCC2)cc1)N(c1cccc(OC)c1)S(C)(=O)=O. The van der Waals surface area contributed by atoms with Crippen molar-refractivity contribution in [2.24, 2.45) is 0 Å². The van der Waals surface area contributed by atoms with Gasteiger partial charge in [-0.3, -0.25) is 9.10 Å². The predicted molar refractivity (Wildman–Crippen MR) is 122 cm³/mol. The van der Waals surface area contributed by atoms with Gasteiger partial charge in [-0.05, 0) is 42.8 Å². The number of ether oxygens (including phenoxy) is 2. The van der Waals surface area contributed by atoms with E-state index in [2.05, 4.69) is 10.2 Å². The Kier molecular flexibility index (Phi) is 7.40. The summed E-state index contributed by atoms with van der Waals surface area (Å²) >= 11 is 0. The third-order valence-electron chi connectivity index (χ3n) is 5.15. The molecule has 1 atom stereocenters. The Morgan fingerprint density at radius 3 is 2.45 bits per heavy atom. The molecule has 0 aromatic heterocycles. The van der Waals surface area contributed by atoms with Crippen LogP contribution in [-0.2, 0) is 19.6 Å². The van der Waals surface area contributed by atoms with E-state index in [-0.39, 0.29) is 0 Å². The number of hydrogen-bond donors (Lipinski definition) is 1. The first-order chi connectivity index (χ1) is 14.8. The molecule has 1 aliphatic heterocycles. The summed E-state index contributed by atoms with van der Waals surface area (Å²) in [5, 5.41) is 2.85. The second kappa shape index (κ2) is 10.0. The summed E-state index contributed by atoms with van der Waals surface area (Å²) in [5.74, 6) is 0.120. The fraction of sp³-hybridized carbons (Fsp3) is 0.409. The van der Waals surface area contributed by atoms with E-state index >= 15 is 0 Å². The normalized spacial score (nSPS) is 15.3. The quantitative estimate of drug-likeness (QED) is 0.670. The number of rotatable bonds is 8. The Morgan fingerprint density at radius 2 is 1.87 bits per heavy atom. The maximum Gasteiger partial charge on any atom is 0.248 e. The third-order valence-corrected chi connectivity index (χ3v) is 6.33. The Bertz CT molecular complexity index is 988. The highest BCUT2D eigenvalue weighted by Crippen LogP contribution is 2.27. The van der Waals surface area contributed by atoms with Crippen molar-refractivity contribution < 1.29 is 22.7 Å². The number of carbonyl (C=O) groups excluding carboxylic acids is 1. The van der Waals surface area contributed by atoms with E-state index < -0.39 is 22.0 Å². The molecule has 0 spiro atoms. The maximum atomic E-state index is 13.1. The second-order valence-electron chi connectivity index (χ2n) is 7.32. The Morgan fingerprint density at radius 1 is 1.19 bits per heavy atom. The van der Waals surface area contributed by atoms with Gasteiger partial charge in [-0.1, -0.05) is 13.0 Å². The van der Waals surface area contributed by atoms with Crippen molar-refractivity contribution in [3.8, 4) is 5.75 Å². The van der Waals surface area contributed by atoms with E-state index in [0.717, 1.165) is 29.3 Å². The van der Waals surface area contributed by atoms with Crippen LogP contribution in [0.5, 0.6) is 5.75 Å². The number of carbonyl (C=O) groups is 1. The molecule has 1 fully saturated rings. The van der Waals surface area contributed by atoms with Crippen molar-refractivity contribution in [3.05, 3.63) is 48.5 Å². The summed E-state index contributed by atoms with van der Waals surface area (Å²) < 4.78 is 36.9. The summed E-state index contributed by atoms with van der Waals surface area (Å²) in [4.78, 5) is 15.3. The molecule has 0 bridgehead atoms. The van der Waals surface area contributed by atoms with Crippen molar-refractivity contribution in [1.82, 2.24) is 0 Å². The molecule has 1 amide bonds. The summed E-state index contributed by atoms with van der Waals surface area (Å²) in [6.07, 6.45) is 1.40. The number of benzene rings is 2. The van der Waals surface area contributed by atoms with Crippen molar-refractivity contribution in [1.29, 1.82) is 0 Å². The molecular weight excluding hydrogens is 418 g/mol. The summed E-state index contributed by atoms with van der Waals surface area (Å²) in [7, 11) is -2.21. The first-order valence-corrected chi connectivity index (χ1v) is 12.1. The van der Waals surface area contributed by atoms with Crippen LogP contribution in [0.3, 0.4) is 0 Å². The van der Waals surface area contributed by atoms with E-state index in [1.54, 1.807) is 31.2 Å². The summed E-state index contributed by atoms with van der Waals surface area (Å²) in [6.45, 7) is 4.83. The van der Waals surface area contributed by atoms with Gasteiger partial charge in [-0.15, -0.1) is 0 Å². The molecular formula is C22H29N3O5S. The highest BCUT2D eigenvalue weighted by Gasteiger charge is 2.31. The van der Waals surface area contributed by atoms with Crippen LogP contribution in [0.15, 0.2) is 48.5 Å². The number of methoxy groups -OCH3 is 1. The first kappa shape index (κ1) is 22.9. The minimum atomic E-state index is -3.71. The highest BCUT2D eigenvalue weighted by atomic mass is 32.2. The van der Waals surface area contributed by atoms with E-state index in [1.165, 1.54) is 7.11 Å². The molecule has 1 N–H and O–H groups in total. The van der Waals surface area contributed by atoms with Gasteiger partial charge >= 0.3 is 0 Å². The fourth-order valence-electron chi connectivity index (χ4n) is 3.61. The summed E-state index contributed by atoms with van der Waals surface area (Å²) in [5.41, 5.74) is 2.05. The molecule has 0 aliphatic carbocycles. The van der Waals surface area contributed by atoms with Gasteiger partial charge in [0.1, 0.15) is 11.8 Å². The van der Waals surface area contributed by atoms with Crippen molar-refractivity contribution in [2.75, 3.05) is 54.2 Å². The maximum absolute atomic E-state index is 13.1. The zero-order chi connectivity index (χ0) is 22.4. The lowest BCUT2D eigenvalue weighted by atomic mass is 10.1. The van der Waals surface area contributed by atoms with Crippen LogP contribution >= 0.6 is 0 Å². The average molecular weight is 448 g/mol. The van der Waals surface area contributed by atoms with Crippen LogP contribution in [0.1, 0.15) is 13.3 Å². The van der Waals surface area contributed by atoms with Crippen molar-refractivity contribution >= 4 is 33.0 Å². The van der Waals surface area contributed by atoms with Crippen LogP contribution in [-0.4, -0.2) is 60.0 Å². The smallest absolute Gasteiger partial charge is 0.248 e. The van der Waals surface area contributed by atoms with Gasteiger partial charge in [-0.2, -0.15) is 0 Å². The molecule has 1 saturated heterocycles. The number of anilines is 3. The molecule has 31 heavy (non-hydrogen) atoms. The standard InChI is InChI=1S/C22H29N3O5S/c1-4-21(25(31(3,27)28)19-6-5-7-20(16-19)29-2)22(26)23-17-8-10-18(11-9-17)24-12-14-30-15-13-24/h5-11,16,21H,4,12-15H2,1-3H3,(H,23,26). The summed E-state index contributed by atoms with van der Waals surface area (Å²) in [6, 6.07) is 13.3. The minimum Gasteiger partial charge on any atom is -0.497 e. The Balaban J connectivity index is 1.80. The number of amides is 1. The number of nitrogens with one attached hydrogen (secondary N) is 1. The van der Waals surface area contributed by atoms with E-state index in [9.17, 15) is 13.2 Å². The van der Waals surface area contributed by atoms with Crippen LogP contribution in [0.2, 0.25) is 0 Å². The number of sulfonamides is 1. The third kappa shape index (κ3) is 5.68. The predicted octanol–water partition coefficient (Wildman–Crippen LogP) is 2.72. The van der Waals surface area contributed by atoms with Gasteiger partial charge in [0.05, 0.1) is 32.3 Å². The molecule has 3 rings (SSSR count). The zero-order valence-corrected chi connectivity index (χ0v) is 18.9. The lowest BCUT2D eigenvalue weighted by Gasteiger charge is -2.30. The molecule has 1 heterocycles. The lowest BCUT2D eigenvalue weighted by molar-refractivity contribution is -0.117. The van der Waals surface area contributed by atoms with Gasteiger partial charge in [0, 0.05) is 30.5 Å². The first-order valence-electron chi connectivity index (χ1n) is 10.2. The van der Waals surface area contributed by atoms with Crippen LogP contribution in [0.4, 0.5) is 17.1 Å². The molecule has 1 unspecified atom stereocenters. The van der Waals surface area contributed by atoms with E-state index in [0.29, 0.717) is 36.8 Å². The molecule has 168 valence electrons. The van der Waals surface area contributed by atoms with E-state index in [1.807, 2.05) is 24.3 Å². The van der Waals surface area contributed by atoms with Crippen LogP contribution in [0, 0.1) is 0 Å². The topological polar surface area (TPSA) is 88.2 Å². The van der Waals surface area contributed by atoms with Gasteiger partial charge in [0.2, 0.25) is 15.9 Å². The number of nitrogens with zero attached hydrogens (tertiary/aromatic N) is 2. The molecule has 0 saturated carbocycles. The minimum absolute atomic E-state index is 0.308. The van der Waals surface area contributed by atoms with Crippen molar-refractivity contribution in [2.45, 2.75) is 19.4 Å². The van der Waals surface area contributed by atoms with Crippen LogP contribution < -0.4 is 19.3 Å². The lowest BCUT2D eigenvalue weighted by Crippen LogP contribution is -2.47. The fourth-order valence-corrected chi connectivity index (χ4v) is 4.81. The second-order valence-corrected chi connectivity index (χ2v) is 9.18. The Labute approximate surface area is 183 Å². The van der Waals surface area contributed by atoms with Gasteiger partial charge in [0.25, 0.3) is 0 Å². The van der Waals surface area contributed by atoms with Gasteiger partial charge < -0.3 is 19.7 Å². The van der Waals surface area contributed by atoms with Gasteiger partial charge in [0.15, 0.2) is 0 Å². The van der Waals surface area contributed by atoms with Crippen molar-refractivity contribution in [3.63, 3.8) is 0 Å². The highest BCUT2D eigenvalue weighted by molar-refractivity contribution is 7.92. The zero-order valence-electron chi connectivity index (χ0n) is 18.1. The number of morpholine rings is 1. The molecule has 8 nitrogen and oxygen atoms in total. The Hall–Kier alpha value is -2.78. The largest absolute Gasteiger partial charge is 0.497 e. The monoisotopic (exact) mass is 447 g/mol.